The number of ether oxygens (including phenoxy) is 5. The second kappa shape index (κ2) is 15.9. The zero-order valence-corrected chi connectivity index (χ0v) is 26.6. The number of esters is 2. The SMILES string of the molecule is COC1C(SC2COCC(n3cc(-c4cccc(C#Cc5cccnc5)c4)nn3)C2O)OC(COC(C)=O)C(OC(C)=O)C1N=[N+]=[N-]. The molecule has 3 aromatic rings. The minimum Gasteiger partial charge on any atom is -0.463 e. The summed E-state index contributed by atoms with van der Waals surface area (Å²) in [6.45, 7) is 2.54. The van der Waals surface area contributed by atoms with E-state index in [1.807, 2.05) is 36.4 Å². The summed E-state index contributed by atoms with van der Waals surface area (Å²) < 4.78 is 29.9. The highest BCUT2D eigenvalue weighted by atomic mass is 32.2. The van der Waals surface area contributed by atoms with E-state index in [2.05, 4.69) is 37.2 Å². The summed E-state index contributed by atoms with van der Waals surface area (Å²) in [5.41, 5.74) is 11.5. The lowest BCUT2D eigenvalue weighted by Gasteiger charge is -2.45. The maximum Gasteiger partial charge on any atom is 0.303 e. The van der Waals surface area contributed by atoms with Crippen molar-refractivity contribution in [2.24, 2.45) is 5.11 Å². The number of aliphatic hydroxyl groups is 1. The maximum absolute atomic E-state index is 11.9. The molecule has 8 atom stereocenters. The molecule has 2 aliphatic rings. The molecule has 0 radical (unpaired) electrons. The quantitative estimate of drug-likeness (QED) is 0.116. The van der Waals surface area contributed by atoms with Crippen LogP contribution in [0.15, 0.2) is 60.1 Å². The van der Waals surface area contributed by atoms with E-state index in [0.29, 0.717) is 5.69 Å². The van der Waals surface area contributed by atoms with Crippen LogP contribution in [0.1, 0.15) is 31.0 Å². The third-order valence-corrected chi connectivity index (χ3v) is 8.91. The molecule has 0 aliphatic carbocycles. The summed E-state index contributed by atoms with van der Waals surface area (Å²) in [6.07, 6.45) is 1.23. The number of thioether (sulfide) groups is 1. The second-order valence-corrected chi connectivity index (χ2v) is 12.1. The minimum atomic E-state index is -1.08. The molecule has 2 aromatic heterocycles. The van der Waals surface area contributed by atoms with Crippen LogP contribution in [0.4, 0.5) is 0 Å². The summed E-state index contributed by atoms with van der Waals surface area (Å²) in [6, 6.07) is 9.70. The fourth-order valence-electron chi connectivity index (χ4n) is 5.30. The average molecular weight is 664 g/mol. The molecule has 2 aliphatic heterocycles. The largest absolute Gasteiger partial charge is 0.463 e. The van der Waals surface area contributed by atoms with Crippen LogP contribution < -0.4 is 0 Å². The Labute approximate surface area is 274 Å². The van der Waals surface area contributed by atoms with Crippen molar-refractivity contribution in [2.75, 3.05) is 26.9 Å². The standard InChI is InChI=1S/C31H33N7O8S/c1-18(39)44-16-25-29(45-19(2)40)27(35-36-32)30(42-3)31(46-25)47-26-17-43-15-24(28(26)41)38-14-23(34-37-38)22-8-4-6-20(12-22)9-10-21-7-5-11-33-13-21/h4-8,11-14,24-31,41H,15-17H2,1-3H3. The van der Waals surface area contributed by atoms with Gasteiger partial charge in [0.1, 0.15) is 48.1 Å². The van der Waals surface area contributed by atoms with E-state index in [-0.39, 0.29) is 19.8 Å². The van der Waals surface area contributed by atoms with Crippen molar-refractivity contribution in [3.63, 3.8) is 0 Å². The third kappa shape index (κ3) is 8.46. The molecule has 0 bridgehead atoms. The first-order valence-corrected chi connectivity index (χ1v) is 15.6. The van der Waals surface area contributed by atoms with Crippen molar-refractivity contribution < 1.29 is 38.4 Å². The molecular formula is C31H33N7O8S. The van der Waals surface area contributed by atoms with Crippen LogP contribution in [-0.4, -0.2) is 105 Å². The summed E-state index contributed by atoms with van der Waals surface area (Å²) in [7, 11) is 1.41. The molecule has 8 unspecified atom stereocenters. The predicted octanol–water partition coefficient (Wildman–Crippen LogP) is 2.69. The third-order valence-electron chi connectivity index (χ3n) is 7.50. The number of carbonyl (C=O) groups excluding carboxylic acids is 2. The Kier molecular flexibility index (Phi) is 11.4. The van der Waals surface area contributed by atoms with Crippen molar-refractivity contribution in [2.45, 2.75) is 61.0 Å². The molecule has 15 nitrogen and oxygen atoms in total. The monoisotopic (exact) mass is 663 g/mol. The first-order valence-electron chi connectivity index (χ1n) is 14.7. The number of methoxy groups -OCH3 is 1. The van der Waals surface area contributed by atoms with Gasteiger partial charge in [0.25, 0.3) is 0 Å². The van der Waals surface area contributed by atoms with Crippen LogP contribution >= 0.6 is 11.8 Å². The van der Waals surface area contributed by atoms with Crippen molar-refractivity contribution >= 4 is 23.7 Å². The normalized spacial score (nSPS) is 27.1. The number of rotatable bonds is 9. The highest BCUT2D eigenvalue weighted by molar-refractivity contribution is 8.00. The Bertz CT molecular complexity index is 1660. The van der Waals surface area contributed by atoms with E-state index < -0.39 is 59.1 Å². The van der Waals surface area contributed by atoms with Crippen LogP contribution in [0.2, 0.25) is 0 Å². The van der Waals surface area contributed by atoms with Gasteiger partial charge in [-0.05, 0) is 29.8 Å². The number of aliphatic hydroxyl groups excluding tert-OH is 1. The zero-order chi connectivity index (χ0) is 33.3. The Hall–Kier alpha value is -4.49. The van der Waals surface area contributed by atoms with Crippen molar-refractivity contribution in [3.05, 3.63) is 76.6 Å². The van der Waals surface area contributed by atoms with Gasteiger partial charge in [-0.25, -0.2) is 4.68 Å². The fraction of sp³-hybridized carbons (Fsp3) is 0.452. The van der Waals surface area contributed by atoms with Crippen molar-refractivity contribution in [1.29, 1.82) is 0 Å². The van der Waals surface area contributed by atoms with Crippen molar-refractivity contribution in [1.82, 2.24) is 20.0 Å². The lowest BCUT2D eigenvalue weighted by Crippen LogP contribution is -2.59. The lowest BCUT2D eigenvalue weighted by atomic mass is 9.97. The van der Waals surface area contributed by atoms with E-state index in [4.69, 9.17) is 23.7 Å². The van der Waals surface area contributed by atoms with Gasteiger partial charge < -0.3 is 28.8 Å². The average Bonchev–Trinajstić information content (AvgIpc) is 3.56. The number of azide groups is 1. The predicted molar refractivity (Wildman–Crippen MR) is 167 cm³/mol. The molecule has 0 saturated carbocycles. The molecule has 2 saturated heterocycles. The van der Waals surface area contributed by atoms with E-state index >= 15 is 0 Å². The fourth-order valence-corrected chi connectivity index (χ4v) is 6.80. The number of benzene rings is 1. The van der Waals surface area contributed by atoms with Gasteiger partial charge in [-0.2, -0.15) is 0 Å². The molecule has 1 aromatic carbocycles. The van der Waals surface area contributed by atoms with E-state index in [1.54, 1.807) is 23.3 Å². The number of aromatic nitrogens is 4. The molecule has 4 heterocycles. The van der Waals surface area contributed by atoms with Gasteiger partial charge >= 0.3 is 11.9 Å². The van der Waals surface area contributed by atoms with Gasteiger partial charge in [-0.3, -0.25) is 14.6 Å². The van der Waals surface area contributed by atoms with Crippen LogP contribution in [-0.2, 0) is 33.3 Å². The summed E-state index contributed by atoms with van der Waals surface area (Å²) >= 11 is 1.21. The van der Waals surface area contributed by atoms with Crippen molar-refractivity contribution in [3.8, 4) is 23.1 Å². The molecule has 0 spiro atoms. The highest BCUT2D eigenvalue weighted by Gasteiger charge is 2.50. The van der Waals surface area contributed by atoms with Gasteiger partial charge in [-0.15, -0.1) is 16.9 Å². The Morgan fingerprint density at radius 1 is 1.17 bits per heavy atom. The number of hydrogen-bond acceptors (Lipinski definition) is 13. The van der Waals surface area contributed by atoms with Gasteiger partial charge in [0.2, 0.25) is 0 Å². The second-order valence-electron chi connectivity index (χ2n) is 10.7. The molecule has 16 heteroatoms. The minimum absolute atomic E-state index is 0.173. The van der Waals surface area contributed by atoms with Crippen LogP contribution in [0.25, 0.3) is 21.7 Å². The molecular weight excluding hydrogens is 630 g/mol. The van der Waals surface area contributed by atoms with E-state index in [0.717, 1.165) is 16.7 Å². The lowest BCUT2D eigenvalue weighted by molar-refractivity contribution is -0.196. The number of nitrogens with zero attached hydrogens (tertiary/aromatic N) is 7. The molecule has 2 fully saturated rings. The van der Waals surface area contributed by atoms with Gasteiger partial charge in [-0.1, -0.05) is 34.3 Å². The topological polar surface area (TPSA) is 193 Å². The van der Waals surface area contributed by atoms with Gasteiger partial charge in [0.15, 0.2) is 0 Å². The number of pyridine rings is 1. The summed E-state index contributed by atoms with van der Waals surface area (Å²) in [5, 5.41) is 23.5. The molecule has 0 amide bonds. The van der Waals surface area contributed by atoms with E-state index in [9.17, 15) is 20.2 Å². The molecule has 246 valence electrons. The number of carbonyl (C=O) groups is 2. The Morgan fingerprint density at radius 2 is 1.98 bits per heavy atom. The highest BCUT2D eigenvalue weighted by Crippen LogP contribution is 2.39. The first-order chi connectivity index (χ1) is 22.8. The Balaban J connectivity index is 1.32. The van der Waals surface area contributed by atoms with Crippen LogP contribution in [0.5, 0.6) is 0 Å². The van der Waals surface area contributed by atoms with Gasteiger partial charge in [0.05, 0.1) is 30.8 Å². The summed E-state index contributed by atoms with van der Waals surface area (Å²) in [5.74, 6) is 5.02. The van der Waals surface area contributed by atoms with Crippen LogP contribution in [0, 0.1) is 11.8 Å². The first kappa shape index (κ1) is 33.9. The summed E-state index contributed by atoms with van der Waals surface area (Å²) in [4.78, 5) is 30.5. The van der Waals surface area contributed by atoms with Gasteiger partial charge in [0, 0.05) is 55.0 Å². The smallest absolute Gasteiger partial charge is 0.303 e. The Morgan fingerprint density at radius 3 is 2.70 bits per heavy atom. The molecule has 47 heavy (non-hydrogen) atoms. The maximum atomic E-state index is 11.9. The van der Waals surface area contributed by atoms with Crippen LogP contribution in [0.3, 0.4) is 0 Å². The molecule has 5 rings (SSSR count). The number of hydrogen-bond donors (Lipinski definition) is 1. The molecule has 1 N–H and O–H groups in total. The van der Waals surface area contributed by atoms with E-state index in [1.165, 1.54) is 32.7 Å². The zero-order valence-electron chi connectivity index (χ0n) is 25.8.